The lowest BCUT2D eigenvalue weighted by Gasteiger charge is -2.12. The maximum atomic E-state index is 13.0. The van der Waals surface area contributed by atoms with Gasteiger partial charge in [-0.15, -0.1) is 0 Å². The number of ether oxygens (including phenoxy) is 1. The average Bonchev–Trinajstić information content (AvgIpc) is 3.25. The maximum Gasteiger partial charge on any atom is 0.299 e. The van der Waals surface area contributed by atoms with Crippen LogP contribution in [0.2, 0.25) is 0 Å². The van der Waals surface area contributed by atoms with Gasteiger partial charge in [0.05, 0.1) is 25.4 Å². The van der Waals surface area contributed by atoms with Crippen LogP contribution in [0.15, 0.2) is 77.6 Å². The molecule has 31 heavy (non-hydrogen) atoms. The Hall–Kier alpha value is -4.20. The van der Waals surface area contributed by atoms with E-state index in [9.17, 15) is 9.18 Å². The van der Waals surface area contributed by atoms with Crippen LogP contribution in [0.5, 0.6) is 5.75 Å². The van der Waals surface area contributed by atoms with Crippen molar-refractivity contribution in [3.8, 4) is 17.1 Å². The number of nitrogens with zero attached hydrogens (tertiary/aromatic N) is 2. The molecule has 0 aliphatic heterocycles. The van der Waals surface area contributed by atoms with Crippen LogP contribution in [0.25, 0.3) is 11.3 Å². The number of halogens is 1. The summed E-state index contributed by atoms with van der Waals surface area (Å²) in [6, 6.07) is 14.9. The molecular formula is C23H19FN4O3. The molecule has 2 aromatic carbocycles. The molecule has 0 saturated heterocycles. The van der Waals surface area contributed by atoms with Gasteiger partial charge in [0.15, 0.2) is 5.76 Å². The summed E-state index contributed by atoms with van der Waals surface area (Å²) in [5.41, 5.74) is 2.71. The summed E-state index contributed by atoms with van der Waals surface area (Å²) in [5, 5.41) is 5.90. The molecule has 2 heterocycles. The van der Waals surface area contributed by atoms with Crippen molar-refractivity contribution in [1.82, 2.24) is 9.97 Å². The molecule has 4 aromatic rings. The molecule has 1 amide bonds. The first-order valence-electron chi connectivity index (χ1n) is 9.46. The van der Waals surface area contributed by atoms with E-state index in [1.54, 1.807) is 56.0 Å². The van der Waals surface area contributed by atoms with Crippen LogP contribution in [0.3, 0.4) is 0 Å². The molecule has 0 fully saturated rings. The van der Waals surface area contributed by atoms with E-state index >= 15 is 0 Å². The average molecular weight is 418 g/mol. The Bertz CT molecular complexity index is 1180. The molecule has 0 aliphatic rings. The fraction of sp³-hybridized carbons (Fsp3) is 0.0870. The van der Waals surface area contributed by atoms with Crippen molar-refractivity contribution in [3.05, 3.63) is 84.6 Å². The quantitative estimate of drug-likeness (QED) is 0.448. The first-order chi connectivity index (χ1) is 15.1. The third kappa shape index (κ3) is 5.05. The normalized spacial score (nSPS) is 10.5. The highest BCUT2D eigenvalue weighted by atomic mass is 19.1. The van der Waals surface area contributed by atoms with E-state index < -0.39 is 0 Å². The topological polar surface area (TPSA) is 89.3 Å². The standard InChI is InChI=1S/C23H19FN4O3/c1-30-20-7-6-18(27-22(29)12-15-2-4-17(24)5-3-15)13-19(20)28-23-26-14-21(31-23)16-8-10-25-11-9-16/h2-11,13-14H,12H2,1H3,(H,26,28)(H,27,29). The third-order valence-electron chi connectivity index (χ3n) is 4.47. The summed E-state index contributed by atoms with van der Waals surface area (Å²) < 4.78 is 24.2. The van der Waals surface area contributed by atoms with Gasteiger partial charge in [-0.2, -0.15) is 0 Å². The fourth-order valence-corrected chi connectivity index (χ4v) is 2.97. The number of carbonyl (C=O) groups is 1. The number of anilines is 3. The largest absolute Gasteiger partial charge is 0.495 e. The Labute approximate surface area is 177 Å². The van der Waals surface area contributed by atoms with E-state index in [-0.39, 0.29) is 24.2 Å². The van der Waals surface area contributed by atoms with Crippen molar-refractivity contribution in [2.75, 3.05) is 17.7 Å². The van der Waals surface area contributed by atoms with Gasteiger partial charge in [0, 0.05) is 23.6 Å². The second-order valence-electron chi connectivity index (χ2n) is 6.66. The number of nitrogens with one attached hydrogen (secondary N) is 2. The molecule has 4 rings (SSSR count). The van der Waals surface area contributed by atoms with Crippen molar-refractivity contribution >= 4 is 23.3 Å². The van der Waals surface area contributed by atoms with Crippen molar-refractivity contribution in [1.29, 1.82) is 0 Å². The van der Waals surface area contributed by atoms with E-state index in [0.29, 0.717) is 28.4 Å². The van der Waals surface area contributed by atoms with Crippen LogP contribution in [-0.4, -0.2) is 23.0 Å². The third-order valence-corrected chi connectivity index (χ3v) is 4.47. The molecule has 0 bridgehead atoms. The highest BCUT2D eigenvalue weighted by Gasteiger charge is 2.12. The molecule has 2 N–H and O–H groups in total. The minimum absolute atomic E-state index is 0.129. The molecule has 0 radical (unpaired) electrons. The highest BCUT2D eigenvalue weighted by Crippen LogP contribution is 2.31. The fourth-order valence-electron chi connectivity index (χ4n) is 2.97. The lowest BCUT2D eigenvalue weighted by atomic mass is 10.1. The number of hydrogen-bond acceptors (Lipinski definition) is 6. The molecule has 7 nitrogen and oxygen atoms in total. The van der Waals surface area contributed by atoms with Crippen LogP contribution in [0.4, 0.5) is 21.8 Å². The Balaban J connectivity index is 1.48. The monoisotopic (exact) mass is 418 g/mol. The Morgan fingerprint density at radius 2 is 1.87 bits per heavy atom. The van der Waals surface area contributed by atoms with Gasteiger partial charge in [-0.05, 0) is 48.0 Å². The lowest BCUT2D eigenvalue weighted by molar-refractivity contribution is -0.115. The molecule has 0 aliphatic carbocycles. The summed E-state index contributed by atoms with van der Waals surface area (Å²) in [7, 11) is 1.55. The zero-order chi connectivity index (χ0) is 21.6. The van der Waals surface area contributed by atoms with Crippen molar-refractivity contribution in [3.63, 3.8) is 0 Å². The van der Waals surface area contributed by atoms with Gasteiger partial charge < -0.3 is 19.8 Å². The zero-order valence-corrected chi connectivity index (χ0v) is 16.6. The molecule has 0 atom stereocenters. The Morgan fingerprint density at radius 1 is 1.10 bits per heavy atom. The summed E-state index contributed by atoms with van der Waals surface area (Å²) in [5.74, 6) is 0.584. The van der Waals surface area contributed by atoms with Gasteiger partial charge in [-0.1, -0.05) is 12.1 Å². The minimum atomic E-state index is -0.339. The highest BCUT2D eigenvalue weighted by molar-refractivity contribution is 5.93. The van der Waals surface area contributed by atoms with Crippen molar-refractivity contribution < 1.29 is 18.3 Å². The molecule has 156 valence electrons. The van der Waals surface area contributed by atoms with E-state index in [4.69, 9.17) is 9.15 Å². The Kier molecular flexibility index (Phi) is 5.89. The first-order valence-corrected chi connectivity index (χ1v) is 9.46. The Morgan fingerprint density at radius 3 is 2.61 bits per heavy atom. The summed E-state index contributed by atoms with van der Waals surface area (Å²) in [6.07, 6.45) is 5.08. The van der Waals surface area contributed by atoms with Crippen LogP contribution >= 0.6 is 0 Å². The van der Waals surface area contributed by atoms with Gasteiger partial charge in [-0.3, -0.25) is 9.78 Å². The first kappa shape index (κ1) is 20.1. The second kappa shape index (κ2) is 9.08. The number of methoxy groups -OCH3 is 1. The predicted molar refractivity (Wildman–Crippen MR) is 115 cm³/mol. The molecule has 8 heteroatoms. The molecule has 0 unspecified atom stereocenters. The van der Waals surface area contributed by atoms with Gasteiger partial charge in [0.2, 0.25) is 5.91 Å². The van der Waals surface area contributed by atoms with Gasteiger partial charge >= 0.3 is 0 Å². The van der Waals surface area contributed by atoms with E-state index in [1.807, 2.05) is 12.1 Å². The number of amides is 1. The van der Waals surface area contributed by atoms with Crippen molar-refractivity contribution in [2.24, 2.45) is 0 Å². The number of rotatable bonds is 7. The predicted octanol–water partition coefficient (Wildman–Crippen LogP) is 4.81. The molecule has 0 saturated carbocycles. The van der Waals surface area contributed by atoms with Crippen LogP contribution in [0.1, 0.15) is 5.56 Å². The number of carbonyl (C=O) groups excluding carboxylic acids is 1. The SMILES string of the molecule is COc1ccc(NC(=O)Cc2ccc(F)cc2)cc1Nc1ncc(-c2ccncc2)o1. The second-order valence-corrected chi connectivity index (χ2v) is 6.66. The van der Waals surface area contributed by atoms with Gasteiger partial charge in [0.25, 0.3) is 6.01 Å². The van der Waals surface area contributed by atoms with E-state index in [1.165, 1.54) is 12.1 Å². The minimum Gasteiger partial charge on any atom is -0.495 e. The van der Waals surface area contributed by atoms with Crippen LogP contribution in [-0.2, 0) is 11.2 Å². The molecule has 0 spiro atoms. The van der Waals surface area contributed by atoms with Crippen LogP contribution in [0, 0.1) is 5.82 Å². The number of benzene rings is 2. The van der Waals surface area contributed by atoms with Crippen molar-refractivity contribution in [2.45, 2.75) is 6.42 Å². The molecular weight excluding hydrogens is 399 g/mol. The molecule has 2 aromatic heterocycles. The summed E-state index contributed by atoms with van der Waals surface area (Å²) in [4.78, 5) is 20.6. The number of hydrogen-bond donors (Lipinski definition) is 2. The lowest BCUT2D eigenvalue weighted by Crippen LogP contribution is -2.14. The van der Waals surface area contributed by atoms with Crippen LogP contribution < -0.4 is 15.4 Å². The number of aromatic nitrogens is 2. The smallest absolute Gasteiger partial charge is 0.299 e. The van der Waals surface area contributed by atoms with Gasteiger partial charge in [0.1, 0.15) is 11.6 Å². The van der Waals surface area contributed by atoms with Gasteiger partial charge in [-0.25, -0.2) is 9.37 Å². The van der Waals surface area contributed by atoms with E-state index in [0.717, 1.165) is 5.56 Å². The maximum absolute atomic E-state index is 13.0. The zero-order valence-electron chi connectivity index (χ0n) is 16.6. The number of oxazole rings is 1. The van der Waals surface area contributed by atoms with E-state index in [2.05, 4.69) is 20.6 Å². The number of pyridine rings is 1. The summed E-state index contributed by atoms with van der Waals surface area (Å²) >= 11 is 0. The summed E-state index contributed by atoms with van der Waals surface area (Å²) in [6.45, 7) is 0.